The molecule has 2 aromatic rings. The van der Waals surface area contributed by atoms with Gasteiger partial charge in [-0.1, -0.05) is 35.3 Å². The van der Waals surface area contributed by atoms with E-state index in [4.69, 9.17) is 23.2 Å². The fourth-order valence-electron chi connectivity index (χ4n) is 1.71. The lowest BCUT2D eigenvalue weighted by Gasteiger charge is -2.10. The van der Waals surface area contributed by atoms with Crippen LogP contribution < -0.4 is 5.32 Å². The lowest BCUT2D eigenvalue weighted by molar-refractivity contribution is -0.137. The van der Waals surface area contributed by atoms with Crippen molar-refractivity contribution in [2.24, 2.45) is 0 Å². The largest absolute Gasteiger partial charge is 0.416 e. The van der Waals surface area contributed by atoms with Crippen molar-refractivity contribution in [1.29, 1.82) is 0 Å². The van der Waals surface area contributed by atoms with E-state index in [0.29, 0.717) is 5.02 Å². The molecule has 0 aliphatic carbocycles. The molecule has 0 fully saturated rings. The zero-order chi connectivity index (χ0) is 17.0. The fourth-order valence-corrected chi connectivity index (χ4v) is 2.07. The van der Waals surface area contributed by atoms with Crippen LogP contribution in [0.3, 0.4) is 0 Å². The quantitative estimate of drug-likeness (QED) is 0.703. The second-order valence-electron chi connectivity index (χ2n) is 4.57. The number of hydrogen-bond donors (Lipinski definition) is 1. The Labute approximate surface area is 140 Å². The average Bonchev–Trinajstić information content (AvgIpc) is 2.48. The molecule has 2 rings (SSSR count). The van der Waals surface area contributed by atoms with Crippen molar-refractivity contribution >= 4 is 40.9 Å². The van der Waals surface area contributed by atoms with Gasteiger partial charge < -0.3 is 5.32 Å². The number of benzene rings is 2. The summed E-state index contributed by atoms with van der Waals surface area (Å²) in [4.78, 5) is 11.8. The summed E-state index contributed by atoms with van der Waals surface area (Å²) in [5, 5.41) is 2.80. The van der Waals surface area contributed by atoms with Crippen LogP contribution in [0.15, 0.2) is 48.5 Å². The van der Waals surface area contributed by atoms with Crippen molar-refractivity contribution in [2.75, 3.05) is 5.32 Å². The molecule has 0 aliphatic heterocycles. The van der Waals surface area contributed by atoms with E-state index in [0.717, 1.165) is 23.8 Å². The normalized spacial score (nSPS) is 11.7. The number of rotatable bonds is 3. The Hall–Kier alpha value is -1.98. The molecule has 120 valence electrons. The van der Waals surface area contributed by atoms with Crippen LogP contribution in [0.1, 0.15) is 11.1 Å². The van der Waals surface area contributed by atoms with Crippen molar-refractivity contribution in [1.82, 2.24) is 0 Å². The summed E-state index contributed by atoms with van der Waals surface area (Å²) in [6, 6.07) is 9.51. The summed E-state index contributed by atoms with van der Waals surface area (Å²) >= 11 is 11.5. The maximum absolute atomic E-state index is 12.5. The van der Waals surface area contributed by atoms with E-state index in [1.54, 1.807) is 30.3 Å². The molecule has 0 atom stereocenters. The molecule has 0 aromatic heterocycles. The standard InChI is InChI=1S/C16H10Cl2F3NO/c17-12-5-1-10(2-6-12)3-8-15(23)22-14-7-4-11(9-13(14)18)16(19,20)21/h1-9H,(H,22,23)/b8-3+. The molecule has 0 spiro atoms. The third-order valence-electron chi connectivity index (χ3n) is 2.85. The fraction of sp³-hybridized carbons (Fsp3) is 0.0625. The van der Waals surface area contributed by atoms with Gasteiger partial charge in [0, 0.05) is 11.1 Å². The van der Waals surface area contributed by atoms with Gasteiger partial charge in [-0.2, -0.15) is 13.2 Å². The number of hydrogen-bond acceptors (Lipinski definition) is 1. The lowest BCUT2D eigenvalue weighted by atomic mass is 10.2. The number of alkyl halides is 3. The van der Waals surface area contributed by atoms with Gasteiger partial charge in [-0.25, -0.2) is 0 Å². The van der Waals surface area contributed by atoms with Gasteiger partial charge in [0.2, 0.25) is 5.91 Å². The highest BCUT2D eigenvalue weighted by Crippen LogP contribution is 2.33. The zero-order valence-electron chi connectivity index (χ0n) is 11.5. The van der Waals surface area contributed by atoms with Crippen LogP contribution >= 0.6 is 23.2 Å². The van der Waals surface area contributed by atoms with Gasteiger partial charge in [0.1, 0.15) is 0 Å². The molecule has 0 aliphatic rings. The van der Waals surface area contributed by atoms with Crippen molar-refractivity contribution in [2.45, 2.75) is 6.18 Å². The molecule has 2 nitrogen and oxygen atoms in total. The van der Waals surface area contributed by atoms with Crippen molar-refractivity contribution in [3.8, 4) is 0 Å². The van der Waals surface area contributed by atoms with Crippen molar-refractivity contribution in [3.05, 3.63) is 69.7 Å². The van der Waals surface area contributed by atoms with E-state index < -0.39 is 17.6 Å². The Bertz CT molecular complexity index is 740. The molecule has 0 unspecified atom stereocenters. The minimum absolute atomic E-state index is 0.102. The minimum atomic E-state index is -4.49. The summed E-state index contributed by atoms with van der Waals surface area (Å²) in [5.41, 5.74) is -0.0225. The van der Waals surface area contributed by atoms with E-state index in [-0.39, 0.29) is 10.7 Å². The average molecular weight is 360 g/mol. The molecule has 0 bridgehead atoms. The topological polar surface area (TPSA) is 29.1 Å². The number of anilines is 1. The van der Waals surface area contributed by atoms with Gasteiger partial charge in [-0.05, 0) is 42.0 Å². The third-order valence-corrected chi connectivity index (χ3v) is 3.42. The lowest BCUT2D eigenvalue weighted by Crippen LogP contribution is -2.10. The summed E-state index contributed by atoms with van der Waals surface area (Å²) in [6.45, 7) is 0. The van der Waals surface area contributed by atoms with Crippen LogP contribution in [-0.2, 0) is 11.0 Å². The van der Waals surface area contributed by atoms with Gasteiger partial charge in [0.15, 0.2) is 0 Å². The Balaban J connectivity index is 2.07. The predicted molar refractivity (Wildman–Crippen MR) is 85.6 cm³/mol. The smallest absolute Gasteiger partial charge is 0.321 e. The maximum Gasteiger partial charge on any atom is 0.416 e. The molecule has 23 heavy (non-hydrogen) atoms. The molecule has 0 saturated heterocycles. The third kappa shape index (κ3) is 5.01. The first-order valence-electron chi connectivity index (χ1n) is 6.37. The molecule has 0 saturated carbocycles. The van der Waals surface area contributed by atoms with E-state index in [1.807, 2.05) is 0 Å². The first-order chi connectivity index (χ1) is 10.8. The van der Waals surface area contributed by atoms with E-state index >= 15 is 0 Å². The molecule has 1 amide bonds. The molecule has 0 heterocycles. The van der Waals surface area contributed by atoms with E-state index in [9.17, 15) is 18.0 Å². The Morgan fingerprint density at radius 2 is 1.70 bits per heavy atom. The number of halogens is 5. The number of nitrogens with one attached hydrogen (secondary N) is 1. The highest BCUT2D eigenvalue weighted by atomic mass is 35.5. The van der Waals surface area contributed by atoms with Crippen LogP contribution in [0, 0.1) is 0 Å². The minimum Gasteiger partial charge on any atom is -0.321 e. The van der Waals surface area contributed by atoms with Crippen LogP contribution in [-0.4, -0.2) is 5.91 Å². The maximum atomic E-state index is 12.5. The summed E-state index contributed by atoms with van der Waals surface area (Å²) in [7, 11) is 0. The van der Waals surface area contributed by atoms with Crippen molar-refractivity contribution in [3.63, 3.8) is 0 Å². The van der Waals surface area contributed by atoms with Crippen molar-refractivity contribution < 1.29 is 18.0 Å². The Kier molecular flexibility index (Phi) is 5.34. The highest BCUT2D eigenvalue weighted by Gasteiger charge is 2.30. The first kappa shape index (κ1) is 17.4. The van der Waals surface area contributed by atoms with Crippen LogP contribution in [0.5, 0.6) is 0 Å². The number of carbonyl (C=O) groups excluding carboxylic acids is 1. The number of amides is 1. The van der Waals surface area contributed by atoms with Gasteiger partial charge in [0.25, 0.3) is 0 Å². The summed E-state index contributed by atoms with van der Waals surface area (Å²) in [5.74, 6) is -0.512. The molecular weight excluding hydrogens is 350 g/mol. The molecule has 1 N–H and O–H groups in total. The van der Waals surface area contributed by atoms with Gasteiger partial charge in [-0.3, -0.25) is 4.79 Å². The highest BCUT2D eigenvalue weighted by molar-refractivity contribution is 6.34. The van der Waals surface area contributed by atoms with E-state index in [1.165, 1.54) is 6.08 Å². The molecule has 2 aromatic carbocycles. The zero-order valence-corrected chi connectivity index (χ0v) is 13.0. The Morgan fingerprint density at radius 1 is 1.04 bits per heavy atom. The molecule has 7 heteroatoms. The monoisotopic (exact) mass is 359 g/mol. The SMILES string of the molecule is O=C(/C=C/c1ccc(Cl)cc1)Nc1ccc(C(F)(F)F)cc1Cl. The van der Waals surface area contributed by atoms with E-state index in [2.05, 4.69) is 5.32 Å². The summed E-state index contributed by atoms with van der Waals surface area (Å²) < 4.78 is 37.6. The molecular formula is C16H10Cl2F3NO. The predicted octanol–water partition coefficient (Wildman–Crippen LogP) is 5.66. The van der Waals surface area contributed by atoms with Crippen LogP contribution in [0.4, 0.5) is 18.9 Å². The number of carbonyl (C=O) groups is 1. The molecule has 0 radical (unpaired) electrons. The summed E-state index contributed by atoms with van der Waals surface area (Å²) in [6.07, 6.45) is -1.69. The first-order valence-corrected chi connectivity index (χ1v) is 7.13. The van der Waals surface area contributed by atoms with Gasteiger partial charge in [0.05, 0.1) is 16.3 Å². The Morgan fingerprint density at radius 3 is 2.26 bits per heavy atom. The van der Waals surface area contributed by atoms with Gasteiger partial charge in [-0.15, -0.1) is 0 Å². The van der Waals surface area contributed by atoms with Crippen LogP contribution in [0.2, 0.25) is 10.0 Å². The van der Waals surface area contributed by atoms with Crippen LogP contribution in [0.25, 0.3) is 6.08 Å². The second kappa shape index (κ2) is 7.06. The van der Waals surface area contributed by atoms with Gasteiger partial charge >= 0.3 is 6.18 Å². The second-order valence-corrected chi connectivity index (χ2v) is 5.41.